The summed E-state index contributed by atoms with van der Waals surface area (Å²) in [6, 6.07) is 10.6. The second kappa shape index (κ2) is 5.00. The monoisotopic (exact) mass is 270 g/mol. The van der Waals surface area contributed by atoms with Gasteiger partial charge in [-0.1, -0.05) is 30.3 Å². The predicted octanol–water partition coefficient (Wildman–Crippen LogP) is 1.47. The standard InChI is InChI=1S/C15H18N4O/c1-2-4-11(5-3-1)13-15-18-17-14(12-6-9-20-10-12)19(15)8-7-16-13/h1-5,12-13,16H,6-10H2. The molecule has 4 rings (SSSR count). The van der Waals surface area contributed by atoms with Crippen LogP contribution in [-0.4, -0.2) is 34.5 Å². The molecule has 1 saturated heterocycles. The number of fused-ring (bicyclic) bond motifs is 1. The van der Waals surface area contributed by atoms with Crippen LogP contribution < -0.4 is 5.32 Å². The lowest BCUT2D eigenvalue weighted by Gasteiger charge is -2.26. The van der Waals surface area contributed by atoms with Crippen molar-refractivity contribution in [2.45, 2.75) is 24.9 Å². The first-order valence-electron chi connectivity index (χ1n) is 7.22. The van der Waals surface area contributed by atoms with Crippen molar-refractivity contribution in [3.05, 3.63) is 47.5 Å². The van der Waals surface area contributed by atoms with Gasteiger partial charge >= 0.3 is 0 Å². The van der Waals surface area contributed by atoms with E-state index in [2.05, 4.69) is 44.3 Å². The molecular formula is C15H18N4O. The zero-order chi connectivity index (χ0) is 13.4. The van der Waals surface area contributed by atoms with Gasteiger partial charge in [0.2, 0.25) is 0 Å². The van der Waals surface area contributed by atoms with Crippen molar-refractivity contribution in [1.82, 2.24) is 20.1 Å². The first kappa shape index (κ1) is 12.1. The Kier molecular flexibility index (Phi) is 3.01. The van der Waals surface area contributed by atoms with Crippen molar-refractivity contribution >= 4 is 0 Å². The van der Waals surface area contributed by atoms with Gasteiger partial charge in [0, 0.05) is 25.6 Å². The fraction of sp³-hybridized carbons (Fsp3) is 0.467. The summed E-state index contributed by atoms with van der Waals surface area (Å²) in [5.41, 5.74) is 1.25. The maximum absolute atomic E-state index is 5.49. The van der Waals surface area contributed by atoms with E-state index < -0.39 is 0 Å². The summed E-state index contributed by atoms with van der Waals surface area (Å²) in [6.45, 7) is 3.51. The van der Waals surface area contributed by atoms with Crippen molar-refractivity contribution in [3.63, 3.8) is 0 Å². The van der Waals surface area contributed by atoms with Crippen LogP contribution in [0.5, 0.6) is 0 Å². The van der Waals surface area contributed by atoms with Crippen LogP contribution in [0.2, 0.25) is 0 Å². The molecule has 5 heteroatoms. The quantitative estimate of drug-likeness (QED) is 0.898. The largest absolute Gasteiger partial charge is 0.381 e. The zero-order valence-corrected chi connectivity index (χ0v) is 11.3. The lowest BCUT2D eigenvalue weighted by Crippen LogP contribution is -2.35. The molecule has 20 heavy (non-hydrogen) atoms. The number of nitrogens with zero attached hydrogens (tertiary/aromatic N) is 3. The molecule has 0 aliphatic carbocycles. The van der Waals surface area contributed by atoms with Crippen LogP contribution in [-0.2, 0) is 11.3 Å². The minimum absolute atomic E-state index is 0.147. The number of nitrogens with one attached hydrogen (secondary N) is 1. The molecule has 1 aromatic carbocycles. The fourth-order valence-electron chi connectivity index (χ4n) is 3.14. The Morgan fingerprint density at radius 1 is 1.15 bits per heavy atom. The highest BCUT2D eigenvalue weighted by Gasteiger charge is 2.30. The maximum Gasteiger partial charge on any atom is 0.154 e. The molecule has 0 spiro atoms. The Hall–Kier alpha value is -1.72. The summed E-state index contributed by atoms with van der Waals surface area (Å²) in [7, 11) is 0. The Morgan fingerprint density at radius 3 is 2.80 bits per heavy atom. The summed E-state index contributed by atoms with van der Waals surface area (Å²) in [5.74, 6) is 2.54. The molecule has 3 heterocycles. The van der Waals surface area contributed by atoms with Crippen molar-refractivity contribution in [2.24, 2.45) is 0 Å². The van der Waals surface area contributed by atoms with E-state index in [1.165, 1.54) is 5.56 Å². The van der Waals surface area contributed by atoms with Crippen LogP contribution in [0.25, 0.3) is 0 Å². The molecule has 0 radical (unpaired) electrons. The van der Waals surface area contributed by atoms with E-state index in [1.807, 2.05) is 6.07 Å². The molecule has 2 atom stereocenters. The van der Waals surface area contributed by atoms with Gasteiger partial charge < -0.3 is 14.6 Å². The third kappa shape index (κ3) is 1.94. The average Bonchev–Trinajstić information content (AvgIpc) is 3.16. The maximum atomic E-state index is 5.49. The van der Waals surface area contributed by atoms with Crippen LogP contribution in [0.4, 0.5) is 0 Å². The average molecular weight is 270 g/mol. The minimum atomic E-state index is 0.147. The lowest BCUT2D eigenvalue weighted by molar-refractivity contribution is 0.192. The molecule has 1 aromatic heterocycles. The van der Waals surface area contributed by atoms with Gasteiger partial charge in [0.25, 0.3) is 0 Å². The van der Waals surface area contributed by atoms with E-state index >= 15 is 0 Å². The summed E-state index contributed by atoms with van der Waals surface area (Å²) in [5, 5.41) is 12.4. The first-order chi connectivity index (χ1) is 9.93. The number of rotatable bonds is 2. The van der Waals surface area contributed by atoms with Crippen LogP contribution in [0.1, 0.15) is 35.6 Å². The molecule has 0 amide bonds. The number of benzene rings is 1. The highest BCUT2D eigenvalue weighted by Crippen LogP contribution is 2.29. The van der Waals surface area contributed by atoms with E-state index in [1.54, 1.807) is 0 Å². The highest BCUT2D eigenvalue weighted by atomic mass is 16.5. The van der Waals surface area contributed by atoms with Crippen molar-refractivity contribution in [1.29, 1.82) is 0 Å². The van der Waals surface area contributed by atoms with E-state index in [9.17, 15) is 0 Å². The molecule has 1 fully saturated rings. The molecule has 2 aromatic rings. The number of ether oxygens (including phenoxy) is 1. The zero-order valence-electron chi connectivity index (χ0n) is 11.3. The highest BCUT2D eigenvalue weighted by molar-refractivity contribution is 5.26. The van der Waals surface area contributed by atoms with Crippen LogP contribution in [0, 0.1) is 0 Å². The minimum Gasteiger partial charge on any atom is -0.381 e. The van der Waals surface area contributed by atoms with Gasteiger partial charge in [0.15, 0.2) is 5.82 Å². The summed E-state index contributed by atoms with van der Waals surface area (Å²) in [4.78, 5) is 0. The first-order valence-corrected chi connectivity index (χ1v) is 7.22. The van der Waals surface area contributed by atoms with E-state index in [-0.39, 0.29) is 6.04 Å². The Bertz CT molecular complexity index is 589. The molecule has 2 aliphatic rings. The summed E-state index contributed by atoms with van der Waals surface area (Å²) in [6.07, 6.45) is 1.06. The number of hydrogen-bond acceptors (Lipinski definition) is 4. The van der Waals surface area contributed by atoms with Crippen LogP contribution in [0.15, 0.2) is 30.3 Å². The van der Waals surface area contributed by atoms with E-state index in [0.29, 0.717) is 5.92 Å². The molecule has 0 bridgehead atoms. The third-order valence-electron chi connectivity index (χ3n) is 4.18. The number of aromatic nitrogens is 3. The van der Waals surface area contributed by atoms with Crippen LogP contribution >= 0.6 is 0 Å². The lowest BCUT2D eigenvalue weighted by atomic mass is 10.0. The van der Waals surface area contributed by atoms with Crippen LogP contribution in [0.3, 0.4) is 0 Å². The third-order valence-corrected chi connectivity index (χ3v) is 4.18. The molecule has 5 nitrogen and oxygen atoms in total. The van der Waals surface area contributed by atoms with Gasteiger partial charge in [0.1, 0.15) is 5.82 Å². The van der Waals surface area contributed by atoms with Gasteiger partial charge in [0.05, 0.1) is 12.6 Å². The van der Waals surface area contributed by atoms with Crippen molar-refractivity contribution < 1.29 is 4.74 Å². The molecule has 1 N–H and O–H groups in total. The van der Waals surface area contributed by atoms with Gasteiger partial charge in [-0.25, -0.2) is 0 Å². The Morgan fingerprint density at radius 2 is 2.00 bits per heavy atom. The second-order valence-electron chi connectivity index (χ2n) is 5.43. The van der Waals surface area contributed by atoms with Gasteiger partial charge in [-0.15, -0.1) is 10.2 Å². The molecule has 2 unspecified atom stereocenters. The number of hydrogen-bond donors (Lipinski definition) is 1. The van der Waals surface area contributed by atoms with E-state index in [4.69, 9.17) is 4.74 Å². The molecular weight excluding hydrogens is 252 g/mol. The summed E-state index contributed by atoms with van der Waals surface area (Å²) < 4.78 is 7.77. The fourth-order valence-corrected chi connectivity index (χ4v) is 3.14. The van der Waals surface area contributed by atoms with Gasteiger partial charge in [-0.05, 0) is 12.0 Å². The van der Waals surface area contributed by atoms with E-state index in [0.717, 1.165) is 44.4 Å². The van der Waals surface area contributed by atoms with Crippen molar-refractivity contribution in [3.8, 4) is 0 Å². The Labute approximate surface area is 118 Å². The van der Waals surface area contributed by atoms with Gasteiger partial charge in [-0.3, -0.25) is 0 Å². The summed E-state index contributed by atoms with van der Waals surface area (Å²) >= 11 is 0. The molecule has 104 valence electrons. The SMILES string of the molecule is c1ccc(C2NCCn3c(C4CCOC4)nnc32)cc1. The molecule has 0 saturated carbocycles. The van der Waals surface area contributed by atoms with Gasteiger partial charge in [-0.2, -0.15) is 0 Å². The van der Waals surface area contributed by atoms with Crippen molar-refractivity contribution in [2.75, 3.05) is 19.8 Å². The normalized spacial score (nSPS) is 25.6. The predicted molar refractivity (Wildman–Crippen MR) is 74.5 cm³/mol. The smallest absolute Gasteiger partial charge is 0.154 e. The molecule has 2 aliphatic heterocycles. The second-order valence-corrected chi connectivity index (χ2v) is 5.43. The Balaban J connectivity index is 1.71. The topological polar surface area (TPSA) is 52.0 Å².